The number of benzene rings is 1. The predicted octanol–water partition coefficient (Wildman–Crippen LogP) is 1.93. The molecule has 4 N–H and O–H groups in total. The van der Waals surface area contributed by atoms with E-state index in [2.05, 4.69) is 11.9 Å². The molecule has 1 aromatic carbocycles. The average Bonchev–Trinajstić information content (AvgIpc) is 2.37. The second-order valence-electron chi connectivity index (χ2n) is 4.55. The largest absolute Gasteiger partial charge is 0.373 e. The third kappa shape index (κ3) is 3.55. The van der Waals surface area contributed by atoms with Crippen molar-refractivity contribution < 1.29 is 24.3 Å². The number of anilines is 1. The Labute approximate surface area is 117 Å². The van der Waals surface area contributed by atoms with E-state index in [1.165, 1.54) is 24.3 Å². The van der Waals surface area contributed by atoms with E-state index in [1.54, 1.807) is 0 Å². The maximum absolute atomic E-state index is 11.6. The van der Waals surface area contributed by atoms with Crippen LogP contribution in [-0.2, 0) is 14.7 Å². The van der Waals surface area contributed by atoms with Crippen molar-refractivity contribution in [2.75, 3.05) is 5.32 Å². The molecule has 0 aliphatic rings. The number of rotatable bonds is 5. The highest BCUT2D eigenvalue weighted by Crippen LogP contribution is 2.54. The number of amides is 1. The third-order valence-corrected chi connectivity index (χ3v) is 4.40. The summed E-state index contributed by atoms with van der Waals surface area (Å²) in [4.78, 5) is 29.8. The standard InChI is InChI=1S/C13H18NO5P/c1-4-9(2)12(15)14-11-7-5-10(6-8-11)13(3,16)20(17,18)19/h5-8,16H,2,4H2,1,3H3,(H,14,15)(H2,17,18,19). The Morgan fingerprint density at radius 3 is 2.25 bits per heavy atom. The summed E-state index contributed by atoms with van der Waals surface area (Å²) in [6.45, 7) is 6.45. The second-order valence-corrected chi connectivity index (χ2v) is 6.51. The van der Waals surface area contributed by atoms with Crippen LogP contribution in [0.25, 0.3) is 0 Å². The molecule has 0 aliphatic carbocycles. The van der Waals surface area contributed by atoms with E-state index in [-0.39, 0.29) is 11.5 Å². The van der Waals surface area contributed by atoms with E-state index < -0.39 is 12.9 Å². The molecule has 20 heavy (non-hydrogen) atoms. The fourth-order valence-electron chi connectivity index (χ4n) is 1.42. The van der Waals surface area contributed by atoms with E-state index in [1.807, 2.05) is 6.92 Å². The molecule has 0 bridgehead atoms. The quantitative estimate of drug-likeness (QED) is 0.491. The molecule has 0 aromatic heterocycles. The molecule has 1 unspecified atom stereocenters. The molecule has 1 atom stereocenters. The molecule has 0 fully saturated rings. The van der Waals surface area contributed by atoms with E-state index in [4.69, 9.17) is 9.79 Å². The molecule has 0 radical (unpaired) electrons. The fraction of sp³-hybridized carbons (Fsp3) is 0.308. The Kier molecular flexibility index (Phi) is 4.89. The van der Waals surface area contributed by atoms with Crippen LogP contribution >= 0.6 is 7.60 Å². The fourth-order valence-corrected chi connectivity index (χ4v) is 1.90. The highest BCUT2D eigenvalue weighted by Gasteiger charge is 2.41. The summed E-state index contributed by atoms with van der Waals surface area (Å²) in [5.74, 6) is -0.318. The van der Waals surface area contributed by atoms with Crippen molar-refractivity contribution in [1.29, 1.82) is 0 Å². The van der Waals surface area contributed by atoms with Crippen molar-refractivity contribution in [1.82, 2.24) is 0 Å². The molecule has 1 aromatic rings. The first-order valence-corrected chi connectivity index (χ1v) is 7.58. The van der Waals surface area contributed by atoms with Crippen molar-refractivity contribution >= 4 is 19.2 Å². The molecule has 0 heterocycles. The van der Waals surface area contributed by atoms with Gasteiger partial charge in [-0.1, -0.05) is 25.6 Å². The Balaban J connectivity index is 2.93. The molecule has 110 valence electrons. The molecule has 7 heteroatoms. The van der Waals surface area contributed by atoms with E-state index in [0.29, 0.717) is 17.7 Å². The van der Waals surface area contributed by atoms with Gasteiger partial charge in [-0.2, -0.15) is 0 Å². The van der Waals surface area contributed by atoms with Crippen molar-refractivity contribution in [2.24, 2.45) is 0 Å². The van der Waals surface area contributed by atoms with Gasteiger partial charge in [-0.15, -0.1) is 0 Å². The Hall–Kier alpha value is -1.46. The van der Waals surface area contributed by atoms with Gasteiger partial charge >= 0.3 is 7.60 Å². The van der Waals surface area contributed by atoms with E-state index in [0.717, 1.165) is 6.92 Å². The zero-order chi connectivity index (χ0) is 15.6. The molecule has 1 amide bonds. The van der Waals surface area contributed by atoms with Crippen LogP contribution in [0.15, 0.2) is 36.4 Å². The van der Waals surface area contributed by atoms with Gasteiger partial charge in [-0.3, -0.25) is 9.36 Å². The van der Waals surface area contributed by atoms with Gasteiger partial charge in [0.05, 0.1) is 0 Å². The van der Waals surface area contributed by atoms with E-state index >= 15 is 0 Å². The lowest BCUT2D eigenvalue weighted by Crippen LogP contribution is -2.21. The smallest absolute Gasteiger partial charge is 0.361 e. The van der Waals surface area contributed by atoms with Crippen LogP contribution in [0.2, 0.25) is 0 Å². The van der Waals surface area contributed by atoms with E-state index in [9.17, 15) is 14.5 Å². The van der Waals surface area contributed by atoms with Gasteiger partial charge in [0.2, 0.25) is 0 Å². The average molecular weight is 299 g/mol. The van der Waals surface area contributed by atoms with Gasteiger partial charge in [0.15, 0.2) is 5.34 Å². The predicted molar refractivity (Wildman–Crippen MR) is 76.1 cm³/mol. The highest BCUT2D eigenvalue weighted by atomic mass is 31.2. The topological polar surface area (TPSA) is 107 Å². The molecule has 0 saturated carbocycles. The Bertz CT molecular complexity index is 559. The van der Waals surface area contributed by atoms with Crippen LogP contribution in [0.4, 0.5) is 5.69 Å². The molecular formula is C13H18NO5P. The van der Waals surface area contributed by atoms with Crippen molar-refractivity contribution in [2.45, 2.75) is 25.6 Å². The van der Waals surface area contributed by atoms with Crippen molar-refractivity contribution in [3.63, 3.8) is 0 Å². The second kappa shape index (κ2) is 5.89. The minimum Gasteiger partial charge on any atom is -0.373 e. The van der Waals surface area contributed by atoms with Crippen LogP contribution in [0, 0.1) is 0 Å². The highest BCUT2D eigenvalue weighted by molar-refractivity contribution is 7.52. The molecule has 0 spiro atoms. The zero-order valence-corrected chi connectivity index (χ0v) is 12.2. The number of nitrogens with one attached hydrogen (secondary N) is 1. The summed E-state index contributed by atoms with van der Waals surface area (Å²) in [5, 5.41) is 10.2. The van der Waals surface area contributed by atoms with Gasteiger partial charge < -0.3 is 20.2 Å². The van der Waals surface area contributed by atoms with Crippen LogP contribution in [-0.4, -0.2) is 20.8 Å². The first-order chi connectivity index (χ1) is 9.09. The first-order valence-electron chi connectivity index (χ1n) is 5.97. The molecule has 0 aliphatic heterocycles. The maximum atomic E-state index is 11.6. The van der Waals surface area contributed by atoms with Crippen molar-refractivity contribution in [3.05, 3.63) is 42.0 Å². The minimum atomic E-state index is -4.70. The Morgan fingerprint density at radius 1 is 1.35 bits per heavy atom. The number of hydrogen-bond donors (Lipinski definition) is 4. The lowest BCUT2D eigenvalue weighted by molar-refractivity contribution is -0.112. The number of aliphatic hydroxyl groups is 1. The summed E-state index contributed by atoms with van der Waals surface area (Å²) < 4.78 is 11.2. The molecule has 6 nitrogen and oxygen atoms in total. The monoisotopic (exact) mass is 299 g/mol. The number of carbonyl (C=O) groups excluding carboxylic acids is 1. The lowest BCUT2D eigenvalue weighted by Gasteiger charge is -2.24. The van der Waals surface area contributed by atoms with Gasteiger partial charge in [-0.05, 0) is 31.0 Å². The van der Waals surface area contributed by atoms with Crippen LogP contribution in [0.5, 0.6) is 0 Å². The lowest BCUT2D eigenvalue weighted by atomic mass is 10.1. The Morgan fingerprint density at radius 2 is 1.85 bits per heavy atom. The van der Waals surface area contributed by atoms with Crippen molar-refractivity contribution in [3.8, 4) is 0 Å². The summed E-state index contributed by atoms with van der Waals surface area (Å²) in [6, 6.07) is 5.62. The zero-order valence-electron chi connectivity index (χ0n) is 11.3. The van der Waals surface area contributed by atoms with Crippen LogP contribution in [0.3, 0.4) is 0 Å². The summed E-state index contributed by atoms with van der Waals surface area (Å²) in [5.41, 5.74) is 0.948. The SMILES string of the molecule is C=C(CC)C(=O)Nc1ccc(C(C)(O)P(=O)(O)O)cc1. The maximum Gasteiger partial charge on any atom is 0.361 e. The minimum absolute atomic E-state index is 0.0677. The van der Waals surface area contributed by atoms with Gasteiger partial charge in [0.25, 0.3) is 5.91 Å². The third-order valence-electron chi connectivity index (χ3n) is 3.00. The first kappa shape index (κ1) is 16.6. The summed E-state index contributed by atoms with van der Waals surface area (Å²) >= 11 is 0. The molecule has 0 saturated heterocycles. The van der Waals surface area contributed by atoms with Crippen LogP contribution in [0.1, 0.15) is 25.8 Å². The van der Waals surface area contributed by atoms with Gasteiger partial charge in [0, 0.05) is 11.3 Å². The van der Waals surface area contributed by atoms with Gasteiger partial charge in [-0.25, -0.2) is 0 Å². The molecular weight excluding hydrogens is 281 g/mol. The number of carbonyl (C=O) groups is 1. The summed E-state index contributed by atoms with van der Waals surface area (Å²) in [6.07, 6.45) is 0.525. The van der Waals surface area contributed by atoms with Crippen LogP contribution < -0.4 is 5.32 Å². The summed E-state index contributed by atoms with van der Waals surface area (Å²) in [7, 11) is -4.70. The normalized spacial score (nSPS) is 14.4. The van der Waals surface area contributed by atoms with Gasteiger partial charge in [0.1, 0.15) is 0 Å². The number of hydrogen-bond acceptors (Lipinski definition) is 3. The molecule has 1 rings (SSSR count).